The van der Waals surface area contributed by atoms with Crippen LogP contribution in [0.15, 0.2) is 24.3 Å². The smallest absolute Gasteiger partial charge is 0.228 e. The fraction of sp³-hybridized carbons (Fsp3) is 0.353. The van der Waals surface area contributed by atoms with E-state index in [0.717, 1.165) is 0 Å². The summed E-state index contributed by atoms with van der Waals surface area (Å²) in [5, 5.41) is 27.0. The summed E-state index contributed by atoms with van der Waals surface area (Å²) in [6.45, 7) is 3.80. The summed E-state index contributed by atoms with van der Waals surface area (Å²) in [4.78, 5) is 27.2. The number of nitrogens with one attached hydrogen (secondary N) is 1. The first-order valence-corrected chi connectivity index (χ1v) is 8.42. The first kappa shape index (κ1) is 18.2. The number of hydrogen-bond acceptors (Lipinski definition) is 8. The van der Waals surface area contributed by atoms with E-state index in [9.17, 15) is 9.59 Å². The molecule has 0 unspecified atom stereocenters. The highest BCUT2D eigenvalue weighted by atomic mass is 16.2. The van der Waals surface area contributed by atoms with Crippen LogP contribution >= 0.6 is 0 Å². The molecule has 138 valence electrons. The van der Waals surface area contributed by atoms with E-state index >= 15 is 0 Å². The van der Waals surface area contributed by atoms with Gasteiger partial charge in [-0.1, -0.05) is 0 Å². The zero-order chi connectivity index (χ0) is 19.2. The van der Waals surface area contributed by atoms with Crippen LogP contribution in [0.2, 0.25) is 0 Å². The van der Waals surface area contributed by atoms with Gasteiger partial charge in [0.15, 0.2) is 17.3 Å². The first-order valence-electron chi connectivity index (χ1n) is 8.42. The van der Waals surface area contributed by atoms with E-state index < -0.39 is 0 Å². The van der Waals surface area contributed by atoms with Crippen molar-refractivity contribution in [2.75, 3.05) is 36.4 Å². The van der Waals surface area contributed by atoms with Crippen LogP contribution in [0.1, 0.15) is 18.3 Å². The number of carbonyl (C=O) groups excluding carboxylic acids is 2. The predicted octanol–water partition coefficient (Wildman–Crippen LogP) is -0.0120. The summed E-state index contributed by atoms with van der Waals surface area (Å²) in [5.74, 6) is 0.802. The van der Waals surface area contributed by atoms with Crippen molar-refractivity contribution >= 4 is 23.5 Å². The molecule has 0 aromatic carbocycles. The lowest BCUT2D eigenvalue weighted by Gasteiger charge is -2.35. The molecule has 10 nitrogen and oxygen atoms in total. The summed E-state index contributed by atoms with van der Waals surface area (Å²) < 4.78 is 0. The molecular formula is C17H18N8O2. The Hall–Kier alpha value is -3.61. The molecule has 27 heavy (non-hydrogen) atoms. The zero-order valence-electron chi connectivity index (χ0n) is 14.8. The molecule has 1 fully saturated rings. The van der Waals surface area contributed by atoms with Crippen molar-refractivity contribution < 1.29 is 9.59 Å². The monoisotopic (exact) mass is 366 g/mol. The summed E-state index contributed by atoms with van der Waals surface area (Å²) in [6, 6.07) is 8.63. The van der Waals surface area contributed by atoms with Crippen molar-refractivity contribution in [3.05, 3.63) is 35.7 Å². The standard InChI is InChI=1S/C17H18N8O2/c1-12(26)19-15-4-2-13(20-22-15)10-17(27)25-8-6-24(7-9-25)16-5-3-14(11-18)21-23-16/h2-5H,6-10H2,1H3,(H,19,22,26). The summed E-state index contributed by atoms with van der Waals surface area (Å²) in [6.07, 6.45) is 0.157. The molecule has 1 saturated heterocycles. The summed E-state index contributed by atoms with van der Waals surface area (Å²) in [5.41, 5.74) is 0.827. The number of rotatable bonds is 4. The van der Waals surface area contributed by atoms with Gasteiger partial charge in [0.1, 0.15) is 6.07 Å². The molecule has 0 spiro atoms. The van der Waals surface area contributed by atoms with E-state index in [1.807, 2.05) is 11.0 Å². The minimum absolute atomic E-state index is 0.0258. The maximum Gasteiger partial charge on any atom is 0.228 e. The SMILES string of the molecule is CC(=O)Nc1ccc(CC(=O)N2CCN(c3ccc(C#N)nn3)CC2)nn1. The second kappa shape index (κ2) is 8.18. The van der Waals surface area contributed by atoms with Gasteiger partial charge in [0.05, 0.1) is 12.1 Å². The largest absolute Gasteiger partial charge is 0.352 e. The molecule has 10 heteroatoms. The van der Waals surface area contributed by atoms with Gasteiger partial charge >= 0.3 is 0 Å². The molecule has 0 saturated carbocycles. The van der Waals surface area contributed by atoms with Crippen LogP contribution < -0.4 is 10.2 Å². The molecule has 1 aliphatic rings. The number of aromatic nitrogens is 4. The average molecular weight is 366 g/mol. The Labute approximate surface area is 155 Å². The van der Waals surface area contributed by atoms with Gasteiger partial charge < -0.3 is 15.1 Å². The highest BCUT2D eigenvalue weighted by molar-refractivity contribution is 5.87. The normalized spacial score (nSPS) is 13.8. The number of piperazine rings is 1. The molecule has 1 N–H and O–H groups in total. The van der Waals surface area contributed by atoms with Gasteiger partial charge in [-0.2, -0.15) is 10.4 Å². The van der Waals surface area contributed by atoms with Gasteiger partial charge in [-0.15, -0.1) is 15.3 Å². The first-order chi connectivity index (χ1) is 13.0. The Morgan fingerprint density at radius 2 is 1.85 bits per heavy atom. The third-order valence-electron chi connectivity index (χ3n) is 4.08. The number of anilines is 2. The van der Waals surface area contributed by atoms with Crippen molar-refractivity contribution in [1.29, 1.82) is 5.26 Å². The van der Waals surface area contributed by atoms with Crippen LogP contribution in [-0.4, -0.2) is 63.3 Å². The number of nitriles is 1. The van der Waals surface area contributed by atoms with Crippen LogP contribution in [0.4, 0.5) is 11.6 Å². The summed E-state index contributed by atoms with van der Waals surface area (Å²) in [7, 11) is 0. The van der Waals surface area contributed by atoms with Crippen molar-refractivity contribution in [2.45, 2.75) is 13.3 Å². The average Bonchev–Trinajstić information content (AvgIpc) is 2.69. The van der Waals surface area contributed by atoms with Gasteiger partial charge in [0.2, 0.25) is 11.8 Å². The molecule has 3 heterocycles. The van der Waals surface area contributed by atoms with Crippen molar-refractivity contribution in [2.24, 2.45) is 0 Å². The van der Waals surface area contributed by atoms with Gasteiger partial charge in [-0.25, -0.2) is 0 Å². The van der Waals surface area contributed by atoms with Gasteiger partial charge in [-0.05, 0) is 24.3 Å². The lowest BCUT2D eigenvalue weighted by Crippen LogP contribution is -2.49. The number of amides is 2. The van der Waals surface area contributed by atoms with E-state index in [1.165, 1.54) is 6.92 Å². The molecule has 0 aliphatic carbocycles. The second-order valence-corrected chi connectivity index (χ2v) is 6.02. The minimum Gasteiger partial charge on any atom is -0.352 e. The fourth-order valence-electron chi connectivity index (χ4n) is 2.71. The second-order valence-electron chi connectivity index (χ2n) is 6.02. The van der Waals surface area contributed by atoms with Gasteiger partial charge in [0, 0.05) is 33.1 Å². The molecule has 2 aromatic heterocycles. The molecule has 2 aromatic rings. The molecule has 1 aliphatic heterocycles. The number of carbonyl (C=O) groups is 2. The Morgan fingerprint density at radius 3 is 2.41 bits per heavy atom. The molecule has 0 atom stereocenters. The quantitative estimate of drug-likeness (QED) is 0.800. The molecule has 3 rings (SSSR count). The molecular weight excluding hydrogens is 348 g/mol. The molecule has 0 radical (unpaired) electrons. The maximum atomic E-state index is 12.5. The van der Waals surface area contributed by atoms with E-state index in [1.54, 1.807) is 29.2 Å². The number of hydrogen-bond donors (Lipinski definition) is 1. The number of nitrogens with zero attached hydrogens (tertiary/aromatic N) is 7. The van der Waals surface area contributed by atoms with Crippen LogP contribution in [0.25, 0.3) is 0 Å². The Bertz CT molecular complexity index is 852. The highest BCUT2D eigenvalue weighted by Gasteiger charge is 2.22. The van der Waals surface area contributed by atoms with Crippen molar-refractivity contribution in [3.8, 4) is 6.07 Å². The summed E-state index contributed by atoms with van der Waals surface area (Å²) >= 11 is 0. The van der Waals surface area contributed by atoms with E-state index in [2.05, 4.69) is 25.7 Å². The third kappa shape index (κ3) is 4.72. The minimum atomic E-state index is -0.224. The van der Waals surface area contributed by atoms with E-state index in [0.29, 0.717) is 43.5 Å². The maximum absolute atomic E-state index is 12.5. The Kier molecular flexibility index (Phi) is 5.51. The van der Waals surface area contributed by atoms with Crippen LogP contribution in [0.3, 0.4) is 0 Å². The van der Waals surface area contributed by atoms with Gasteiger partial charge in [-0.3, -0.25) is 9.59 Å². The fourth-order valence-corrected chi connectivity index (χ4v) is 2.71. The molecule has 2 amide bonds. The van der Waals surface area contributed by atoms with E-state index in [-0.39, 0.29) is 23.9 Å². The van der Waals surface area contributed by atoms with Crippen molar-refractivity contribution in [3.63, 3.8) is 0 Å². The predicted molar refractivity (Wildman–Crippen MR) is 95.6 cm³/mol. The third-order valence-corrected chi connectivity index (χ3v) is 4.08. The van der Waals surface area contributed by atoms with Crippen LogP contribution in [-0.2, 0) is 16.0 Å². The molecule has 0 bridgehead atoms. The Morgan fingerprint density at radius 1 is 1.07 bits per heavy atom. The van der Waals surface area contributed by atoms with Crippen LogP contribution in [0.5, 0.6) is 0 Å². The lowest BCUT2D eigenvalue weighted by molar-refractivity contribution is -0.130. The van der Waals surface area contributed by atoms with Crippen LogP contribution in [0, 0.1) is 11.3 Å². The van der Waals surface area contributed by atoms with Gasteiger partial charge in [0.25, 0.3) is 0 Å². The van der Waals surface area contributed by atoms with Crippen molar-refractivity contribution in [1.82, 2.24) is 25.3 Å². The highest BCUT2D eigenvalue weighted by Crippen LogP contribution is 2.13. The Balaban J connectivity index is 1.52. The zero-order valence-corrected chi connectivity index (χ0v) is 14.8. The lowest BCUT2D eigenvalue weighted by atomic mass is 10.2. The topological polar surface area (TPSA) is 128 Å². The van der Waals surface area contributed by atoms with E-state index in [4.69, 9.17) is 5.26 Å².